The van der Waals surface area contributed by atoms with E-state index in [0.717, 1.165) is 0 Å². The molecule has 0 amide bonds. The molecule has 0 aromatic carbocycles. The van der Waals surface area contributed by atoms with Crippen LogP contribution in [-0.4, -0.2) is 196 Å². The quantitative estimate of drug-likeness (QED) is 0.0397. The van der Waals surface area contributed by atoms with Crippen LogP contribution in [-0.2, 0) is 23.7 Å². The lowest BCUT2D eigenvalue weighted by Crippen LogP contribution is -2.68. The molecule has 1 aliphatic heterocycles. The molecule has 0 saturated carbocycles. The molecule has 0 aliphatic carbocycles. The Morgan fingerprint density at radius 2 is 0.368 bits per heavy atom. The second-order valence-corrected chi connectivity index (χ2v) is 23.2. The minimum atomic E-state index is -8.20. The van der Waals surface area contributed by atoms with Gasteiger partial charge in [0.2, 0.25) is 11.9 Å². The number of halogens is 48. The highest BCUT2D eigenvalue weighted by atomic mass is 19.4. The summed E-state index contributed by atoms with van der Waals surface area (Å²) in [5.41, 5.74) is -16.3. The van der Waals surface area contributed by atoms with Gasteiger partial charge in [0, 0.05) is 73.2 Å². The molecule has 114 heavy (non-hydrogen) atoms. The van der Waals surface area contributed by atoms with Crippen molar-refractivity contribution in [2.45, 2.75) is 144 Å². The third kappa shape index (κ3) is 13.5. The van der Waals surface area contributed by atoms with Crippen LogP contribution < -0.4 is 9.80 Å². The molecule has 6 aromatic heterocycles. The average Bonchev–Trinajstić information content (AvgIpc) is 0.725. The van der Waals surface area contributed by atoms with Gasteiger partial charge in [-0.25, -0.2) is 45.1 Å². The maximum absolute atomic E-state index is 15.2. The molecule has 0 N–H and O–H groups in total. The largest absolute Gasteiger partial charge is 0.385 e. The number of alkyl halides is 48. The SMILES string of the molecule is FC(F)C(F)(F)C(F)(F)C(F)(F)C(F)(F)C(F)(F)c1ccc(-c2nc(-c3ccc(C(F)(F)C(F)(F)C(F)(F)C(F)(F)C(F)(F)C(F)F)nc3)nc(N3CCN(c4nc(-c5ccc(C(F)(F)C(F)(F)C(F)(F)C(F)(F)C(F)(F)C(F)F)nc5)nc(-c5ccc(C(F)(F)C(F)(F)C(F)(F)C(F)(F)C(F)(F)C(F)F)nc5)n4)CC3)n2)cn1. The van der Waals surface area contributed by atoms with Gasteiger partial charge in [-0.15, -0.1) is 0 Å². The predicted molar refractivity (Wildman–Crippen MR) is 276 cm³/mol. The topological polar surface area (TPSA) is 135 Å². The number of anilines is 2. The number of hydrogen-bond donors (Lipinski definition) is 0. The minimum Gasteiger partial charge on any atom is -0.337 e. The van der Waals surface area contributed by atoms with E-state index in [9.17, 15) is 176 Å². The normalized spacial score (nSPS) is 15.9. The third-order valence-corrected chi connectivity index (χ3v) is 16.0. The zero-order chi connectivity index (χ0) is 87.9. The van der Waals surface area contributed by atoms with Crippen molar-refractivity contribution < 1.29 is 211 Å². The van der Waals surface area contributed by atoms with Gasteiger partial charge in [-0.3, -0.25) is 19.9 Å². The molecule has 0 radical (unpaired) electrons. The summed E-state index contributed by atoms with van der Waals surface area (Å²) in [5.74, 6) is -163. The van der Waals surface area contributed by atoms with E-state index in [-0.39, 0.29) is 49.1 Å². The van der Waals surface area contributed by atoms with E-state index in [2.05, 4.69) is 49.8 Å². The summed E-state index contributed by atoms with van der Waals surface area (Å²) in [5, 5.41) is 0. The van der Waals surface area contributed by atoms with E-state index in [4.69, 9.17) is 0 Å². The highest BCUT2D eigenvalue weighted by molar-refractivity contribution is 5.65. The van der Waals surface area contributed by atoms with Crippen molar-refractivity contribution in [2.75, 3.05) is 36.0 Å². The van der Waals surface area contributed by atoms with Gasteiger partial charge in [-0.1, -0.05) is 0 Å². The van der Waals surface area contributed by atoms with E-state index in [1.54, 1.807) is 0 Å². The number of pyridine rings is 4. The van der Waals surface area contributed by atoms with Crippen molar-refractivity contribution >= 4 is 11.9 Å². The number of piperazine rings is 1. The van der Waals surface area contributed by atoms with Crippen LogP contribution in [0.15, 0.2) is 73.3 Å². The molecule has 60 heteroatoms. The zero-order valence-corrected chi connectivity index (χ0v) is 52.6. The lowest BCUT2D eigenvalue weighted by atomic mass is 9.92. The zero-order valence-electron chi connectivity index (χ0n) is 52.6. The van der Waals surface area contributed by atoms with Crippen molar-refractivity contribution in [3.63, 3.8) is 0 Å². The molecule has 7 heterocycles. The lowest BCUT2D eigenvalue weighted by molar-refractivity contribution is -0.415. The Bertz CT molecular complexity index is 3880. The van der Waals surface area contributed by atoms with E-state index >= 15 is 35.1 Å². The van der Waals surface area contributed by atoms with E-state index in [0.29, 0.717) is 9.80 Å². The lowest BCUT2D eigenvalue weighted by Gasteiger charge is -2.38. The van der Waals surface area contributed by atoms with E-state index in [1.807, 2.05) is 0 Å². The van der Waals surface area contributed by atoms with Crippen molar-refractivity contribution in [3.8, 4) is 45.6 Å². The van der Waals surface area contributed by atoms with Gasteiger partial charge in [0.05, 0.1) is 0 Å². The molecule has 6 aromatic rings. The second-order valence-electron chi connectivity index (χ2n) is 23.2. The molecule has 1 fully saturated rings. The standard InChI is InChI=1S/C54H24F48N12/c55-29(56)39(71,72)47(87,88)51(95,96)43(79,80)35(63,64)21-5-1-17(13-103-21)25-107-26(18-2-6-22(104-14-18)36(65,66)44(81,82)52(97,98)48(89,90)40(73,74)30(57)58)110-33(109-25)113-9-11-114(12-10-113)34-111-27(19-3-7-23(105-15-19)37(67,68)45(83,84)53(99,100)49(91,92)41(75,76)31(59)60)108-28(112-34)20-4-8-24(106-16-20)38(69,70)46(85,86)54(101,102)50(93,94)42(77,78)32(61)62/h1-8,13-16,29-32H,9-12H2. The van der Waals surface area contributed by atoms with Crippen LogP contribution in [0.1, 0.15) is 22.8 Å². The Kier molecular flexibility index (Phi) is 22.9. The number of nitrogens with zero attached hydrogens (tertiary/aromatic N) is 12. The Balaban J connectivity index is 1.35. The average molecular weight is 1750 g/mol. The molecule has 0 spiro atoms. The van der Waals surface area contributed by atoms with Crippen molar-refractivity contribution in [1.29, 1.82) is 0 Å². The third-order valence-electron chi connectivity index (χ3n) is 16.0. The predicted octanol–water partition coefficient (Wildman–Crippen LogP) is 19.2. The first-order valence-electron chi connectivity index (χ1n) is 28.6. The highest BCUT2D eigenvalue weighted by Gasteiger charge is 2.92. The molecule has 0 bridgehead atoms. The summed E-state index contributed by atoms with van der Waals surface area (Å²) < 4.78 is 678. The maximum Gasteiger partial charge on any atom is 0.385 e. The second kappa shape index (κ2) is 28.4. The summed E-state index contributed by atoms with van der Waals surface area (Å²) >= 11 is 0. The molecule has 1 saturated heterocycles. The Hall–Kier alpha value is -9.14. The van der Waals surface area contributed by atoms with Gasteiger partial charge in [0.15, 0.2) is 23.3 Å². The smallest absolute Gasteiger partial charge is 0.337 e. The molecule has 7 rings (SSSR count). The fourth-order valence-electron chi connectivity index (χ4n) is 9.09. The van der Waals surface area contributed by atoms with Gasteiger partial charge in [0.1, 0.15) is 22.8 Å². The Labute approximate surface area is 594 Å². The molecular formula is C54H24F48N12. The fourth-order valence-corrected chi connectivity index (χ4v) is 9.09. The summed E-state index contributed by atoms with van der Waals surface area (Å²) in [6.45, 7) is -3.83. The number of aromatic nitrogens is 10. The first kappa shape index (κ1) is 92.0. The van der Waals surface area contributed by atoms with Gasteiger partial charge < -0.3 is 9.80 Å². The Morgan fingerprint density at radius 3 is 0.500 bits per heavy atom. The first-order valence-corrected chi connectivity index (χ1v) is 28.6. The number of rotatable bonds is 30. The summed E-state index contributed by atoms with van der Waals surface area (Å²) in [6.07, 6.45) is -25.1. The Morgan fingerprint density at radius 1 is 0.211 bits per heavy atom. The van der Waals surface area contributed by atoms with Crippen molar-refractivity contribution in [1.82, 2.24) is 49.8 Å². The number of hydrogen-bond acceptors (Lipinski definition) is 12. The fraction of sp³-hybridized carbons (Fsp3) is 0.519. The monoisotopic (exact) mass is 1750 g/mol. The minimum absolute atomic E-state index is 0.106. The maximum atomic E-state index is 15.2. The first-order chi connectivity index (χ1) is 51.0. The van der Waals surface area contributed by atoms with Crippen LogP contribution in [0.5, 0.6) is 0 Å². The molecule has 636 valence electrons. The van der Waals surface area contributed by atoms with Crippen LogP contribution in [0.3, 0.4) is 0 Å². The van der Waals surface area contributed by atoms with Crippen LogP contribution >= 0.6 is 0 Å². The van der Waals surface area contributed by atoms with Gasteiger partial charge >= 0.3 is 144 Å². The van der Waals surface area contributed by atoms with Gasteiger partial charge in [0.25, 0.3) is 0 Å². The highest BCUT2D eigenvalue weighted by Crippen LogP contribution is 2.65. The molecule has 0 unspecified atom stereocenters. The van der Waals surface area contributed by atoms with Gasteiger partial charge in [-0.05, 0) is 48.5 Å². The van der Waals surface area contributed by atoms with Crippen molar-refractivity contribution in [3.05, 3.63) is 96.1 Å². The summed E-state index contributed by atoms with van der Waals surface area (Å²) in [4.78, 5) is 33.8. The van der Waals surface area contributed by atoms with Crippen LogP contribution in [0.4, 0.5) is 223 Å². The molecular weight excluding hydrogens is 1730 g/mol. The summed E-state index contributed by atoms with van der Waals surface area (Å²) in [6, 6.07) is -2.84. The van der Waals surface area contributed by atoms with Crippen LogP contribution in [0.2, 0.25) is 0 Å². The van der Waals surface area contributed by atoms with Crippen molar-refractivity contribution in [2.24, 2.45) is 0 Å². The van der Waals surface area contributed by atoms with Crippen LogP contribution in [0.25, 0.3) is 45.6 Å². The molecule has 1 aliphatic rings. The molecule has 12 nitrogen and oxygen atoms in total. The van der Waals surface area contributed by atoms with Gasteiger partial charge in [-0.2, -0.15) is 196 Å². The van der Waals surface area contributed by atoms with E-state index in [1.165, 1.54) is 0 Å². The van der Waals surface area contributed by atoms with Crippen LogP contribution in [0, 0.1) is 0 Å². The molecule has 0 atom stereocenters. The van der Waals surface area contributed by atoms with E-state index < -0.39 is 275 Å². The summed E-state index contributed by atoms with van der Waals surface area (Å²) in [7, 11) is 0.